The third-order valence-corrected chi connectivity index (χ3v) is 3.69. The molecule has 0 amide bonds. The van der Waals surface area contributed by atoms with Gasteiger partial charge in [-0.25, -0.2) is 4.79 Å². The van der Waals surface area contributed by atoms with Gasteiger partial charge in [0.05, 0.1) is 4.90 Å². The zero-order valence-corrected chi connectivity index (χ0v) is 12.5. The van der Waals surface area contributed by atoms with Crippen LogP contribution < -0.4 is 4.74 Å². The van der Waals surface area contributed by atoms with Crippen LogP contribution in [0.25, 0.3) is 0 Å². The lowest BCUT2D eigenvalue weighted by molar-refractivity contribution is 0.0925. The maximum atomic E-state index is 11.6. The Morgan fingerprint density at radius 2 is 1.82 bits per heavy atom. The van der Waals surface area contributed by atoms with Crippen molar-refractivity contribution >= 4 is 16.3 Å². The van der Waals surface area contributed by atoms with Crippen LogP contribution >= 0.6 is 0 Å². The van der Waals surface area contributed by atoms with Crippen LogP contribution in [0.4, 0.5) is 4.79 Å². The normalized spacial score (nSPS) is 11.0. The van der Waals surface area contributed by atoms with E-state index in [0.717, 1.165) is 11.6 Å². The number of aryl methyl sites for hydroxylation is 1. The molecule has 116 valence electrons. The van der Waals surface area contributed by atoms with E-state index >= 15 is 0 Å². The van der Waals surface area contributed by atoms with Crippen LogP contribution in [0.1, 0.15) is 11.1 Å². The van der Waals surface area contributed by atoms with Crippen molar-refractivity contribution in [2.45, 2.75) is 18.4 Å². The molecule has 2 aromatic carbocycles. The fourth-order valence-corrected chi connectivity index (χ4v) is 2.30. The molecule has 22 heavy (non-hydrogen) atoms. The molecule has 0 aliphatic rings. The predicted molar refractivity (Wildman–Crippen MR) is 78.2 cm³/mol. The molecule has 0 aromatic heterocycles. The topological polar surface area (TPSA) is 89.9 Å². The van der Waals surface area contributed by atoms with E-state index in [1.54, 1.807) is 19.1 Å². The predicted octanol–water partition coefficient (Wildman–Crippen LogP) is 2.96. The van der Waals surface area contributed by atoms with E-state index in [2.05, 4.69) is 0 Å². The highest BCUT2D eigenvalue weighted by Crippen LogP contribution is 2.22. The monoisotopic (exact) mass is 322 g/mol. The Balaban J connectivity index is 2.00. The van der Waals surface area contributed by atoms with Crippen molar-refractivity contribution in [1.82, 2.24) is 0 Å². The summed E-state index contributed by atoms with van der Waals surface area (Å²) in [6, 6.07) is 12.7. The highest BCUT2D eigenvalue weighted by molar-refractivity contribution is 7.85. The first-order chi connectivity index (χ1) is 10.4. The Labute approximate surface area is 128 Å². The van der Waals surface area contributed by atoms with E-state index < -0.39 is 16.3 Å². The highest BCUT2D eigenvalue weighted by Gasteiger charge is 2.14. The molecule has 0 unspecified atom stereocenters. The standard InChI is InChI=1S/C15H14O6S/c1-11-9-13(22(17,18)19)7-8-14(11)21-15(16)20-10-12-5-3-2-4-6-12/h2-9H,10H2,1H3,(H,17,18,19). The van der Waals surface area contributed by atoms with Gasteiger partial charge in [0.1, 0.15) is 12.4 Å². The Bertz CT molecular complexity index is 768. The number of carbonyl (C=O) groups is 1. The van der Waals surface area contributed by atoms with Gasteiger partial charge in [0.25, 0.3) is 10.1 Å². The van der Waals surface area contributed by atoms with Gasteiger partial charge in [-0.15, -0.1) is 0 Å². The van der Waals surface area contributed by atoms with E-state index in [9.17, 15) is 13.2 Å². The summed E-state index contributed by atoms with van der Waals surface area (Å²) in [7, 11) is -4.29. The third-order valence-electron chi connectivity index (χ3n) is 2.84. The van der Waals surface area contributed by atoms with Gasteiger partial charge in [0.2, 0.25) is 0 Å². The van der Waals surface area contributed by atoms with E-state index in [4.69, 9.17) is 14.0 Å². The zero-order valence-electron chi connectivity index (χ0n) is 11.7. The van der Waals surface area contributed by atoms with Crippen LogP contribution in [-0.4, -0.2) is 19.1 Å². The SMILES string of the molecule is Cc1cc(S(=O)(=O)O)ccc1OC(=O)OCc1ccccc1. The Morgan fingerprint density at radius 3 is 2.41 bits per heavy atom. The maximum Gasteiger partial charge on any atom is 0.514 e. The fraction of sp³-hybridized carbons (Fsp3) is 0.133. The molecular weight excluding hydrogens is 308 g/mol. The molecule has 0 aliphatic carbocycles. The number of rotatable bonds is 4. The van der Waals surface area contributed by atoms with Gasteiger partial charge in [0, 0.05) is 0 Å². The molecular formula is C15H14O6S. The average molecular weight is 322 g/mol. The van der Waals surface area contributed by atoms with E-state index in [0.29, 0.717) is 5.56 Å². The quantitative estimate of drug-likeness (QED) is 0.529. The zero-order chi connectivity index (χ0) is 16.2. The van der Waals surface area contributed by atoms with Crippen molar-refractivity contribution in [2.24, 2.45) is 0 Å². The number of hydrogen-bond acceptors (Lipinski definition) is 5. The van der Waals surface area contributed by atoms with Gasteiger partial charge in [-0.1, -0.05) is 30.3 Å². The highest BCUT2D eigenvalue weighted by atomic mass is 32.2. The lowest BCUT2D eigenvalue weighted by Gasteiger charge is -2.09. The minimum atomic E-state index is -4.29. The first kappa shape index (κ1) is 16.0. The summed E-state index contributed by atoms with van der Waals surface area (Å²) in [6.45, 7) is 1.62. The van der Waals surface area contributed by atoms with Crippen molar-refractivity contribution in [1.29, 1.82) is 0 Å². The van der Waals surface area contributed by atoms with E-state index in [-0.39, 0.29) is 17.3 Å². The van der Waals surface area contributed by atoms with Gasteiger partial charge in [0.15, 0.2) is 0 Å². The fourth-order valence-electron chi connectivity index (χ4n) is 1.73. The summed E-state index contributed by atoms with van der Waals surface area (Å²) in [5, 5.41) is 0. The smallest absolute Gasteiger partial charge is 0.429 e. The molecule has 0 heterocycles. The second-order valence-electron chi connectivity index (χ2n) is 4.53. The van der Waals surface area contributed by atoms with Gasteiger partial charge in [-0.05, 0) is 36.2 Å². The molecule has 6 nitrogen and oxygen atoms in total. The minimum Gasteiger partial charge on any atom is -0.429 e. The van der Waals surface area contributed by atoms with E-state index in [1.165, 1.54) is 12.1 Å². The molecule has 0 bridgehead atoms. The summed E-state index contributed by atoms with van der Waals surface area (Å²) in [5.41, 5.74) is 1.20. The second-order valence-corrected chi connectivity index (χ2v) is 5.95. The maximum absolute atomic E-state index is 11.6. The first-order valence-electron chi connectivity index (χ1n) is 6.33. The van der Waals surface area contributed by atoms with Gasteiger partial charge in [-0.2, -0.15) is 8.42 Å². The average Bonchev–Trinajstić information content (AvgIpc) is 2.47. The molecule has 0 atom stereocenters. The van der Waals surface area contributed by atoms with E-state index in [1.807, 2.05) is 18.2 Å². The molecule has 0 radical (unpaired) electrons. The van der Waals surface area contributed by atoms with Gasteiger partial charge in [-0.3, -0.25) is 4.55 Å². The lowest BCUT2D eigenvalue weighted by Crippen LogP contribution is -2.11. The summed E-state index contributed by atoms with van der Waals surface area (Å²) in [4.78, 5) is 11.3. The molecule has 0 saturated carbocycles. The van der Waals surface area contributed by atoms with Crippen molar-refractivity contribution in [3.63, 3.8) is 0 Å². The Morgan fingerprint density at radius 1 is 1.14 bits per heavy atom. The molecule has 0 spiro atoms. The summed E-state index contributed by atoms with van der Waals surface area (Å²) in [5.74, 6) is 0.158. The van der Waals surface area contributed by atoms with Crippen LogP contribution in [0.3, 0.4) is 0 Å². The Kier molecular flexibility index (Phi) is 4.79. The lowest BCUT2D eigenvalue weighted by atomic mass is 10.2. The van der Waals surface area contributed by atoms with Crippen LogP contribution in [0.15, 0.2) is 53.4 Å². The van der Waals surface area contributed by atoms with Crippen LogP contribution in [-0.2, 0) is 21.5 Å². The number of hydrogen-bond donors (Lipinski definition) is 1. The second kappa shape index (κ2) is 6.59. The summed E-state index contributed by atoms with van der Waals surface area (Å²) >= 11 is 0. The third kappa shape index (κ3) is 4.31. The molecule has 2 rings (SSSR count). The molecule has 0 saturated heterocycles. The van der Waals surface area contributed by atoms with Crippen LogP contribution in [0, 0.1) is 6.92 Å². The van der Waals surface area contributed by atoms with Crippen molar-refractivity contribution in [3.8, 4) is 5.75 Å². The van der Waals surface area contributed by atoms with Crippen LogP contribution in [0.2, 0.25) is 0 Å². The van der Waals surface area contributed by atoms with Gasteiger partial charge < -0.3 is 9.47 Å². The van der Waals surface area contributed by atoms with Crippen molar-refractivity contribution in [3.05, 3.63) is 59.7 Å². The van der Waals surface area contributed by atoms with Crippen molar-refractivity contribution in [2.75, 3.05) is 0 Å². The van der Waals surface area contributed by atoms with Crippen molar-refractivity contribution < 1.29 is 27.2 Å². The summed E-state index contributed by atoms with van der Waals surface area (Å²) in [6.07, 6.45) is -0.897. The molecule has 0 aliphatic heterocycles. The Hall–Kier alpha value is -2.38. The van der Waals surface area contributed by atoms with Gasteiger partial charge >= 0.3 is 6.16 Å². The molecule has 2 aromatic rings. The first-order valence-corrected chi connectivity index (χ1v) is 7.77. The van der Waals surface area contributed by atoms with Crippen LogP contribution in [0.5, 0.6) is 5.75 Å². The minimum absolute atomic E-state index is 0.0713. The summed E-state index contributed by atoms with van der Waals surface area (Å²) < 4.78 is 40.9. The number of ether oxygens (including phenoxy) is 2. The molecule has 1 N–H and O–H groups in total. The molecule has 0 fully saturated rings. The largest absolute Gasteiger partial charge is 0.514 e. The number of benzene rings is 2. The number of carbonyl (C=O) groups excluding carboxylic acids is 1. The molecule has 7 heteroatoms.